The van der Waals surface area contributed by atoms with Crippen LogP contribution in [-0.4, -0.2) is 60.8 Å². The van der Waals surface area contributed by atoms with Crippen molar-refractivity contribution in [2.24, 2.45) is 0 Å². The summed E-state index contributed by atoms with van der Waals surface area (Å²) in [5.74, 6) is -1.31. The number of rotatable bonds is 5. The van der Waals surface area contributed by atoms with Crippen molar-refractivity contribution in [2.75, 3.05) is 37.7 Å². The quantitative estimate of drug-likeness (QED) is 0.799. The second kappa shape index (κ2) is 7.61. The highest BCUT2D eigenvalue weighted by Crippen LogP contribution is 2.22. The highest BCUT2D eigenvalue weighted by atomic mass is 16.5. The molecule has 2 rings (SSSR count). The molecule has 1 aliphatic rings. The monoisotopic (exact) mass is 317 g/mol. The molecule has 1 aliphatic heterocycles. The molecule has 0 aromatic heterocycles. The van der Waals surface area contributed by atoms with E-state index in [-0.39, 0.29) is 19.1 Å². The lowest BCUT2D eigenvalue weighted by molar-refractivity contribution is -0.146. The normalized spacial score (nSPS) is 18.3. The number of hydrogen-bond donors (Lipinski definition) is 1. The summed E-state index contributed by atoms with van der Waals surface area (Å²) >= 11 is 0. The fourth-order valence-corrected chi connectivity index (χ4v) is 2.65. The van der Waals surface area contributed by atoms with Gasteiger partial charge in [-0.2, -0.15) is 5.26 Å². The standard InChI is InChI=1S/C16H19N3O4/c1-2-23-15(20)11-18-6-7-19(14(10-18)16(21)22)13-5-3-4-12(8-13)9-17/h3-5,8,14H,2,6-7,10-11H2,1H3,(H,21,22). The number of aliphatic carboxylic acids is 1. The summed E-state index contributed by atoms with van der Waals surface area (Å²) < 4.78 is 4.90. The Morgan fingerprint density at radius 2 is 2.22 bits per heavy atom. The van der Waals surface area contributed by atoms with E-state index in [0.717, 1.165) is 0 Å². The van der Waals surface area contributed by atoms with Gasteiger partial charge in [-0.3, -0.25) is 9.69 Å². The van der Waals surface area contributed by atoms with Gasteiger partial charge in [-0.15, -0.1) is 0 Å². The average molecular weight is 317 g/mol. The van der Waals surface area contributed by atoms with Gasteiger partial charge in [-0.1, -0.05) is 6.07 Å². The molecule has 1 N–H and O–H groups in total. The fraction of sp³-hybridized carbons (Fsp3) is 0.438. The van der Waals surface area contributed by atoms with Crippen LogP contribution in [0.5, 0.6) is 0 Å². The Hall–Kier alpha value is -2.59. The first-order chi connectivity index (χ1) is 11.0. The molecule has 23 heavy (non-hydrogen) atoms. The molecule has 1 heterocycles. The third kappa shape index (κ3) is 4.20. The smallest absolute Gasteiger partial charge is 0.327 e. The molecule has 0 bridgehead atoms. The Balaban J connectivity index is 2.12. The second-order valence-electron chi connectivity index (χ2n) is 5.25. The minimum atomic E-state index is -0.957. The Morgan fingerprint density at radius 3 is 2.87 bits per heavy atom. The largest absolute Gasteiger partial charge is 0.480 e. The summed E-state index contributed by atoms with van der Waals surface area (Å²) in [6.07, 6.45) is 0. The number of piperazine rings is 1. The number of nitriles is 1. The molecule has 1 fully saturated rings. The van der Waals surface area contributed by atoms with Gasteiger partial charge in [0.2, 0.25) is 0 Å². The number of hydrogen-bond acceptors (Lipinski definition) is 6. The van der Waals surface area contributed by atoms with Gasteiger partial charge >= 0.3 is 11.9 Å². The third-order valence-corrected chi connectivity index (χ3v) is 3.71. The van der Waals surface area contributed by atoms with E-state index in [2.05, 4.69) is 6.07 Å². The number of carbonyl (C=O) groups is 2. The van der Waals surface area contributed by atoms with E-state index in [9.17, 15) is 14.7 Å². The molecule has 7 nitrogen and oxygen atoms in total. The van der Waals surface area contributed by atoms with Crippen molar-refractivity contribution in [3.8, 4) is 6.07 Å². The Bertz CT molecular complexity index is 626. The van der Waals surface area contributed by atoms with Gasteiger partial charge in [0.05, 0.1) is 24.8 Å². The van der Waals surface area contributed by atoms with Gasteiger partial charge in [-0.05, 0) is 25.1 Å². The molecule has 0 aliphatic carbocycles. The van der Waals surface area contributed by atoms with E-state index in [1.54, 1.807) is 41.0 Å². The lowest BCUT2D eigenvalue weighted by atomic mass is 10.1. The van der Waals surface area contributed by atoms with Crippen LogP contribution in [0.25, 0.3) is 0 Å². The number of benzene rings is 1. The summed E-state index contributed by atoms with van der Waals surface area (Å²) in [7, 11) is 0. The van der Waals surface area contributed by atoms with Crippen LogP contribution in [0.2, 0.25) is 0 Å². The zero-order valence-electron chi connectivity index (χ0n) is 12.9. The second-order valence-corrected chi connectivity index (χ2v) is 5.25. The molecule has 1 atom stereocenters. The van der Waals surface area contributed by atoms with Crippen molar-refractivity contribution in [1.29, 1.82) is 5.26 Å². The first-order valence-electron chi connectivity index (χ1n) is 7.42. The fourth-order valence-electron chi connectivity index (χ4n) is 2.65. The summed E-state index contributed by atoms with van der Waals surface area (Å²) in [4.78, 5) is 26.7. The van der Waals surface area contributed by atoms with Crippen LogP contribution in [-0.2, 0) is 14.3 Å². The van der Waals surface area contributed by atoms with Crippen LogP contribution in [0.4, 0.5) is 5.69 Å². The molecule has 0 spiro atoms. The van der Waals surface area contributed by atoms with Crippen LogP contribution < -0.4 is 4.90 Å². The Morgan fingerprint density at radius 1 is 1.43 bits per heavy atom. The van der Waals surface area contributed by atoms with E-state index in [1.807, 2.05) is 0 Å². The highest BCUT2D eigenvalue weighted by molar-refractivity contribution is 5.79. The maximum absolute atomic E-state index is 11.6. The molecule has 0 amide bonds. The molecule has 122 valence electrons. The lowest BCUT2D eigenvalue weighted by Gasteiger charge is -2.40. The number of ether oxygens (including phenoxy) is 1. The molecule has 7 heteroatoms. The number of anilines is 1. The number of nitrogens with zero attached hydrogens (tertiary/aromatic N) is 3. The van der Waals surface area contributed by atoms with E-state index < -0.39 is 12.0 Å². The summed E-state index contributed by atoms with van der Waals surface area (Å²) in [5.41, 5.74) is 1.19. The van der Waals surface area contributed by atoms with Gasteiger partial charge in [-0.25, -0.2) is 4.79 Å². The molecule has 1 aromatic rings. The summed E-state index contributed by atoms with van der Waals surface area (Å²) in [6.45, 7) is 3.37. The maximum Gasteiger partial charge on any atom is 0.327 e. The van der Waals surface area contributed by atoms with E-state index in [4.69, 9.17) is 10.00 Å². The first kappa shape index (κ1) is 16.8. The van der Waals surface area contributed by atoms with Gasteiger partial charge in [0, 0.05) is 25.3 Å². The molecular weight excluding hydrogens is 298 g/mol. The molecule has 0 saturated carbocycles. The third-order valence-electron chi connectivity index (χ3n) is 3.71. The number of carbonyl (C=O) groups excluding carboxylic acids is 1. The minimum absolute atomic E-state index is 0.0870. The van der Waals surface area contributed by atoms with Crippen molar-refractivity contribution in [3.05, 3.63) is 29.8 Å². The van der Waals surface area contributed by atoms with Crippen LogP contribution in [0.15, 0.2) is 24.3 Å². The van der Waals surface area contributed by atoms with E-state index in [0.29, 0.717) is 30.9 Å². The summed E-state index contributed by atoms with van der Waals surface area (Å²) in [6, 6.07) is 8.16. The van der Waals surface area contributed by atoms with Crippen molar-refractivity contribution in [3.63, 3.8) is 0 Å². The van der Waals surface area contributed by atoms with Crippen LogP contribution in [0, 0.1) is 11.3 Å². The Labute approximate surface area is 134 Å². The van der Waals surface area contributed by atoms with Crippen molar-refractivity contribution >= 4 is 17.6 Å². The Kier molecular flexibility index (Phi) is 5.55. The molecular formula is C16H19N3O4. The van der Waals surface area contributed by atoms with E-state index in [1.165, 1.54) is 0 Å². The number of carboxylic acid groups (broad SMARTS) is 1. The zero-order valence-corrected chi connectivity index (χ0v) is 12.9. The van der Waals surface area contributed by atoms with Crippen LogP contribution in [0.3, 0.4) is 0 Å². The predicted molar refractivity (Wildman–Crippen MR) is 83.0 cm³/mol. The van der Waals surface area contributed by atoms with Gasteiger partial charge < -0.3 is 14.7 Å². The molecule has 1 unspecified atom stereocenters. The van der Waals surface area contributed by atoms with Crippen LogP contribution >= 0.6 is 0 Å². The SMILES string of the molecule is CCOC(=O)CN1CCN(c2cccc(C#N)c2)C(C(=O)O)C1. The first-order valence-corrected chi connectivity index (χ1v) is 7.42. The van der Waals surface area contributed by atoms with E-state index >= 15 is 0 Å². The number of esters is 1. The topological polar surface area (TPSA) is 93.9 Å². The average Bonchev–Trinajstić information content (AvgIpc) is 2.55. The van der Waals surface area contributed by atoms with Crippen molar-refractivity contribution < 1.29 is 19.4 Å². The van der Waals surface area contributed by atoms with Crippen molar-refractivity contribution in [2.45, 2.75) is 13.0 Å². The maximum atomic E-state index is 11.6. The van der Waals surface area contributed by atoms with Crippen molar-refractivity contribution in [1.82, 2.24) is 4.90 Å². The molecule has 0 radical (unpaired) electrons. The van der Waals surface area contributed by atoms with Gasteiger partial charge in [0.1, 0.15) is 6.04 Å². The molecule has 1 saturated heterocycles. The number of carboxylic acids is 1. The lowest BCUT2D eigenvalue weighted by Crippen LogP contribution is -2.57. The summed E-state index contributed by atoms with van der Waals surface area (Å²) in [5, 5.41) is 18.5. The highest BCUT2D eigenvalue weighted by Gasteiger charge is 2.33. The zero-order chi connectivity index (χ0) is 16.8. The minimum Gasteiger partial charge on any atom is -0.480 e. The molecule has 1 aromatic carbocycles. The van der Waals surface area contributed by atoms with Gasteiger partial charge in [0.15, 0.2) is 0 Å². The predicted octanol–water partition coefficient (Wildman–Crippen LogP) is 0.697. The van der Waals surface area contributed by atoms with Crippen LogP contribution in [0.1, 0.15) is 12.5 Å². The van der Waals surface area contributed by atoms with Gasteiger partial charge in [0.25, 0.3) is 0 Å².